The normalized spacial score (nSPS) is 19.0. The van der Waals surface area contributed by atoms with Crippen molar-refractivity contribution in [2.75, 3.05) is 28.3 Å². The molecule has 0 bridgehead atoms. The second-order valence-electron chi connectivity index (χ2n) is 8.78. The van der Waals surface area contributed by atoms with Crippen molar-refractivity contribution in [1.82, 2.24) is 9.97 Å². The van der Waals surface area contributed by atoms with Gasteiger partial charge < -0.3 is 10.2 Å². The van der Waals surface area contributed by atoms with Crippen LogP contribution in [0.3, 0.4) is 0 Å². The van der Waals surface area contributed by atoms with Crippen molar-refractivity contribution in [3.63, 3.8) is 0 Å². The lowest BCUT2D eigenvalue weighted by Crippen LogP contribution is -2.29. The van der Waals surface area contributed by atoms with Crippen LogP contribution >= 0.6 is 0 Å². The van der Waals surface area contributed by atoms with Crippen molar-refractivity contribution in [1.29, 1.82) is 0 Å². The number of hydrogen-bond acceptors (Lipinski definition) is 6. The number of rotatable bonds is 8. The van der Waals surface area contributed by atoms with E-state index in [1.54, 1.807) is 12.1 Å². The van der Waals surface area contributed by atoms with E-state index in [1.165, 1.54) is 18.5 Å². The summed E-state index contributed by atoms with van der Waals surface area (Å²) in [6.45, 7) is 1.66. The number of aromatic nitrogens is 2. The minimum Gasteiger partial charge on any atom is -0.367 e. The van der Waals surface area contributed by atoms with Crippen LogP contribution < -0.4 is 10.2 Å². The Hall–Kier alpha value is -2.36. The molecule has 1 aromatic carbocycles. The van der Waals surface area contributed by atoms with Crippen molar-refractivity contribution < 1.29 is 21.6 Å². The number of anilines is 2. The van der Waals surface area contributed by atoms with Crippen LogP contribution in [0.5, 0.6) is 0 Å². The summed E-state index contributed by atoms with van der Waals surface area (Å²) in [6, 6.07) is 6.21. The molecule has 2 heterocycles. The zero-order valence-electron chi connectivity index (χ0n) is 17.9. The first-order valence-corrected chi connectivity index (χ1v) is 12.6. The average Bonchev–Trinajstić information content (AvgIpc) is 3.57. The summed E-state index contributed by atoms with van der Waals surface area (Å²) in [6.07, 6.45) is 4.23. The zero-order chi connectivity index (χ0) is 22.9. The maximum atomic E-state index is 15.3. The van der Waals surface area contributed by atoms with E-state index in [-0.39, 0.29) is 40.7 Å². The van der Waals surface area contributed by atoms with Crippen LogP contribution in [-0.4, -0.2) is 42.5 Å². The Kier molecular flexibility index (Phi) is 6.33. The molecule has 6 nitrogen and oxygen atoms in total. The molecule has 1 saturated carbocycles. The van der Waals surface area contributed by atoms with Crippen LogP contribution in [0.15, 0.2) is 30.6 Å². The number of sulfone groups is 1. The van der Waals surface area contributed by atoms with Gasteiger partial charge in [-0.3, -0.25) is 0 Å². The van der Waals surface area contributed by atoms with Crippen molar-refractivity contribution in [3.8, 4) is 0 Å². The van der Waals surface area contributed by atoms with Crippen molar-refractivity contribution in [3.05, 3.63) is 47.5 Å². The van der Waals surface area contributed by atoms with E-state index in [4.69, 9.17) is 0 Å². The van der Waals surface area contributed by atoms with Crippen LogP contribution in [-0.2, 0) is 22.3 Å². The highest BCUT2D eigenvalue weighted by molar-refractivity contribution is 7.91. The molecular weight excluding hydrogens is 441 g/mol. The van der Waals surface area contributed by atoms with Crippen molar-refractivity contribution >= 4 is 21.5 Å². The fourth-order valence-corrected chi connectivity index (χ4v) is 5.52. The van der Waals surface area contributed by atoms with Gasteiger partial charge in [-0.15, -0.1) is 0 Å². The van der Waals surface area contributed by atoms with Gasteiger partial charge in [-0.05, 0) is 37.2 Å². The first-order valence-electron chi connectivity index (χ1n) is 10.8. The van der Waals surface area contributed by atoms with Gasteiger partial charge in [0.25, 0.3) is 5.92 Å². The Labute approximate surface area is 186 Å². The molecule has 4 rings (SSSR count). The van der Waals surface area contributed by atoms with Gasteiger partial charge in [0, 0.05) is 31.6 Å². The number of nitrogens with one attached hydrogen (secondary N) is 1. The van der Waals surface area contributed by atoms with E-state index >= 15 is 4.39 Å². The molecule has 174 valence electrons. The van der Waals surface area contributed by atoms with Crippen molar-refractivity contribution in [2.45, 2.75) is 51.1 Å². The minimum atomic E-state index is -2.94. The lowest BCUT2D eigenvalue weighted by molar-refractivity contribution is 0.0174. The summed E-state index contributed by atoms with van der Waals surface area (Å²) in [4.78, 5) is 10.1. The summed E-state index contributed by atoms with van der Waals surface area (Å²) in [5, 5.41) is 3.02. The molecule has 0 radical (unpaired) electrons. The Bertz CT molecular complexity index is 1040. The second kappa shape index (κ2) is 8.88. The monoisotopic (exact) mass is 468 g/mol. The smallest absolute Gasteiger partial charge is 0.270 e. The van der Waals surface area contributed by atoms with Gasteiger partial charge in [-0.1, -0.05) is 24.3 Å². The van der Waals surface area contributed by atoms with E-state index in [9.17, 15) is 17.2 Å². The number of alkyl halides is 2. The number of benzene rings is 1. The van der Waals surface area contributed by atoms with Gasteiger partial charge in [-0.2, -0.15) is 4.39 Å². The van der Waals surface area contributed by atoms with E-state index in [1.807, 2.05) is 4.90 Å². The fourth-order valence-electron chi connectivity index (χ4n) is 3.93. The first-order chi connectivity index (χ1) is 15.1. The third kappa shape index (κ3) is 5.51. The first kappa shape index (κ1) is 22.8. The van der Waals surface area contributed by atoms with Crippen LogP contribution in [0.1, 0.15) is 43.7 Å². The number of hydrogen-bond donors (Lipinski definition) is 1. The molecule has 0 unspecified atom stereocenters. The SMILES string of the molecule is CC(F)(F)c1ccc(CN(c2ncnc(NCC3CCS(=O)(=O)CC3)c2F)C2CC2)cc1. The molecule has 2 aliphatic rings. The quantitative estimate of drug-likeness (QED) is 0.628. The molecule has 0 atom stereocenters. The van der Waals surface area contributed by atoms with Gasteiger partial charge in [0.15, 0.2) is 11.6 Å². The van der Waals surface area contributed by atoms with Crippen LogP contribution in [0.2, 0.25) is 0 Å². The lowest BCUT2D eigenvalue weighted by Gasteiger charge is -2.26. The predicted molar refractivity (Wildman–Crippen MR) is 117 cm³/mol. The molecule has 2 aromatic rings. The van der Waals surface area contributed by atoms with Crippen LogP contribution in [0, 0.1) is 11.7 Å². The van der Waals surface area contributed by atoms with E-state index in [2.05, 4.69) is 15.3 Å². The maximum absolute atomic E-state index is 15.3. The number of halogens is 3. The summed E-state index contributed by atoms with van der Waals surface area (Å²) >= 11 is 0. The Morgan fingerprint density at radius 2 is 1.75 bits per heavy atom. The molecule has 1 N–H and O–H groups in total. The van der Waals surface area contributed by atoms with Crippen LogP contribution in [0.25, 0.3) is 0 Å². The Morgan fingerprint density at radius 1 is 1.09 bits per heavy atom. The molecule has 10 heteroatoms. The standard InChI is InChI=1S/C22H27F3N4O2S/c1-22(24,25)17-4-2-16(3-5-17)13-29(18-6-7-18)21-19(23)20(27-14-28-21)26-12-15-8-10-32(30,31)11-9-15/h2-5,14-15,18H,6-13H2,1H3,(H,26,27,28). The molecule has 1 aliphatic heterocycles. The highest BCUT2D eigenvalue weighted by Gasteiger charge is 2.33. The lowest BCUT2D eigenvalue weighted by atomic mass is 10.0. The minimum absolute atomic E-state index is 0.0607. The van der Waals surface area contributed by atoms with Gasteiger partial charge >= 0.3 is 0 Å². The molecule has 1 aromatic heterocycles. The largest absolute Gasteiger partial charge is 0.367 e. The van der Waals surface area contributed by atoms with E-state index < -0.39 is 21.6 Å². The highest BCUT2D eigenvalue weighted by atomic mass is 32.2. The van der Waals surface area contributed by atoms with E-state index in [0.717, 1.165) is 25.3 Å². The zero-order valence-corrected chi connectivity index (χ0v) is 18.7. The highest BCUT2D eigenvalue weighted by Crippen LogP contribution is 2.35. The Morgan fingerprint density at radius 3 is 2.34 bits per heavy atom. The number of nitrogens with zero attached hydrogens (tertiary/aromatic N) is 3. The predicted octanol–water partition coefficient (Wildman–Crippen LogP) is 4.13. The third-order valence-corrected chi connectivity index (χ3v) is 7.79. The van der Waals surface area contributed by atoms with Gasteiger partial charge in [-0.25, -0.2) is 27.2 Å². The molecular formula is C22H27F3N4O2S. The average molecular weight is 469 g/mol. The van der Waals surface area contributed by atoms with Gasteiger partial charge in [0.05, 0.1) is 11.5 Å². The molecule has 0 spiro atoms. The summed E-state index contributed by atoms with van der Waals surface area (Å²) in [5.74, 6) is -2.72. The molecule has 1 aliphatic carbocycles. The topological polar surface area (TPSA) is 75.2 Å². The summed E-state index contributed by atoms with van der Waals surface area (Å²) in [7, 11) is -2.94. The third-order valence-electron chi connectivity index (χ3n) is 6.08. The summed E-state index contributed by atoms with van der Waals surface area (Å²) < 4.78 is 65.4. The Balaban J connectivity index is 1.46. The molecule has 0 amide bonds. The van der Waals surface area contributed by atoms with E-state index in [0.29, 0.717) is 25.9 Å². The van der Waals surface area contributed by atoms with Crippen LogP contribution in [0.4, 0.5) is 24.8 Å². The van der Waals surface area contributed by atoms with Crippen molar-refractivity contribution in [2.24, 2.45) is 5.92 Å². The maximum Gasteiger partial charge on any atom is 0.270 e. The fraction of sp³-hybridized carbons (Fsp3) is 0.545. The summed E-state index contributed by atoms with van der Waals surface area (Å²) in [5.41, 5.74) is 0.732. The van der Waals surface area contributed by atoms with Gasteiger partial charge in [0.1, 0.15) is 16.2 Å². The molecule has 2 fully saturated rings. The van der Waals surface area contributed by atoms with Gasteiger partial charge in [0.2, 0.25) is 5.82 Å². The molecule has 32 heavy (non-hydrogen) atoms. The second-order valence-corrected chi connectivity index (χ2v) is 11.1. The molecule has 1 saturated heterocycles.